The van der Waals surface area contributed by atoms with Gasteiger partial charge in [0.1, 0.15) is 29.8 Å². The van der Waals surface area contributed by atoms with Crippen LogP contribution in [0.25, 0.3) is 33.6 Å². The average molecular weight is 431 g/mol. The Labute approximate surface area is 184 Å². The summed E-state index contributed by atoms with van der Waals surface area (Å²) < 4.78 is 16.2. The van der Waals surface area contributed by atoms with Crippen LogP contribution in [0.3, 0.4) is 0 Å². The Balaban J connectivity index is 1.63. The second-order valence-electron chi connectivity index (χ2n) is 7.27. The molecule has 0 saturated carbocycles. The molecular weight excluding hydrogens is 410 g/mol. The smallest absolute Gasteiger partial charge is 0.253 e. The Morgan fingerprint density at radius 1 is 1.19 bits per heavy atom. The molecule has 1 amide bonds. The van der Waals surface area contributed by atoms with Gasteiger partial charge in [-0.25, -0.2) is 0 Å². The lowest BCUT2D eigenvalue weighted by molar-refractivity contribution is 0.0827. The number of aromatic nitrogens is 3. The number of methoxy groups -OCH3 is 1. The van der Waals surface area contributed by atoms with Crippen LogP contribution in [0.5, 0.6) is 5.75 Å². The molecule has 162 valence electrons. The van der Waals surface area contributed by atoms with Gasteiger partial charge >= 0.3 is 0 Å². The van der Waals surface area contributed by atoms with Gasteiger partial charge in [0.15, 0.2) is 5.76 Å². The van der Waals surface area contributed by atoms with Crippen LogP contribution in [0.4, 0.5) is 0 Å². The first-order chi connectivity index (χ1) is 15.5. The van der Waals surface area contributed by atoms with E-state index in [9.17, 15) is 10.1 Å². The van der Waals surface area contributed by atoms with E-state index in [0.29, 0.717) is 52.8 Å². The highest BCUT2D eigenvalue weighted by Gasteiger charge is 2.18. The normalized spacial score (nSPS) is 10.8. The third kappa shape index (κ3) is 4.04. The molecule has 0 bridgehead atoms. The third-order valence-corrected chi connectivity index (χ3v) is 4.91. The predicted molar refractivity (Wildman–Crippen MR) is 117 cm³/mol. The minimum absolute atomic E-state index is 0.0701. The average Bonchev–Trinajstić information content (AvgIpc) is 3.45. The lowest BCUT2D eigenvalue weighted by Gasteiger charge is -2.09. The summed E-state index contributed by atoms with van der Waals surface area (Å²) in [6.07, 6.45) is 0. The fourth-order valence-electron chi connectivity index (χ4n) is 3.24. The number of fused-ring (bicyclic) bond motifs is 1. The van der Waals surface area contributed by atoms with Crippen molar-refractivity contribution in [2.75, 3.05) is 34.4 Å². The molecular formula is C23H21N5O4. The van der Waals surface area contributed by atoms with Crippen LogP contribution in [0.2, 0.25) is 0 Å². The van der Waals surface area contributed by atoms with Crippen LogP contribution in [0.1, 0.15) is 15.9 Å². The molecule has 0 spiro atoms. The molecule has 9 heteroatoms. The van der Waals surface area contributed by atoms with Gasteiger partial charge in [-0.2, -0.15) is 10.4 Å². The summed E-state index contributed by atoms with van der Waals surface area (Å²) in [4.78, 5) is 13.6. The number of carbonyl (C=O) groups excluding carboxylic acids is 1. The van der Waals surface area contributed by atoms with Crippen molar-refractivity contribution in [1.82, 2.24) is 20.3 Å². The molecule has 0 aliphatic rings. The quantitative estimate of drug-likeness (QED) is 0.445. The summed E-state index contributed by atoms with van der Waals surface area (Å²) >= 11 is 0. The lowest BCUT2D eigenvalue weighted by atomic mass is 10.1. The molecule has 4 rings (SSSR count). The standard InChI is InChI=1S/C23H21N5O4/c1-28(2)23(29)15-6-4-14(5-7-15)18-11-21(32-27-18)22-17-10-16(13-24)20(31-9-8-30-3)12-19(17)25-26-22/h4-7,10-12H,8-9H2,1-3H3,(H,25,26). The van der Waals surface area contributed by atoms with Crippen molar-refractivity contribution >= 4 is 16.8 Å². The predicted octanol–water partition coefficient (Wildman–Crippen LogP) is 3.48. The maximum atomic E-state index is 12.1. The Kier molecular flexibility index (Phi) is 5.87. The summed E-state index contributed by atoms with van der Waals surface area (Å²) in [5.74, 6) is 0.841. The van der Waals surface area contributed by atoms with Gasteiger partial charge in [0.05, 0.1) is 17.7 Å². The molecule has 0 radical (unpaired) electrons. The van der Waals surface area contributed by atoms with E-state index >= 15 is 0 Å². The van der Waals surface area contributed by atoms with E-state index in [-0.39, 0.29) is 5.91 Å². The molecule has 2 aromatic heterocycles. The van der Waals surface area contributed by atoms with Gasteiger partial charge in [0.2, 0.25) is 0 Å². The molecule has 0 aliphatic carbocycles. The molecule has 0 aliphatic heterocycles. The van der Waals surface area contributed by atoms with Gasteiger partial charge in [0, 0.05) is 49.9 Å². The van der Waals surface area contributed by atoms with Crippen LogP contribution in [-0.2, 0) is 4.74 Å². The summed E-state index contributed by atoms with van der Waals surface area (Å²) in [5.41, 5.74) is 3.64. The van der Waals surface area contributed by atoms with Crippen molar-refractivity contribution in [3.05, 3.63) is 53.6 Å². The number of carbonyl (C=O) groups is 1. The monoisotopic (exact) mass is 431 g/mol. The number of amides is 1. The van der Waals surface area contributed by atoms with Crippen molar-refractivity contribution in [2.45, 2.75) is 0 Å². The first-order valence-electron chi connectivity index (χ1n) is 9.85. The minimum Gasteiger partial charge on any atom is -0.490 e. The Hall–Kier alpha value is -4.16. The van der Waals surface area contributed by atoms with E-state index in [1.54, 1.807) is 51.5 Å². The van der Waals surface area contributed by atoms with E-state index in [1.165, 1.54) is 4.90 Å². The fourth-order valence-corrected chi connectivity index (χ4v) is 3.24. The SMILES string of the molecule is COCCOc1cc2[nH]nc(-c3cc(-c4ccc(C(=O)N(C)C)cc4)no3)c2cc1C#N. The molecule has 32 heavy (non-hydrogen) atoms. The Morgan fingerprint density at radius 3 is 2.66 bits per heavy atom. The van der Waals surface area contributed by atoms with Crippen molar-refractivity contribution in [2.24, 2.45) is 0 Å². The van der Waals surface area contributed by atoms with Crippen molar-refractivity contribution < 1.29 is 18.8 Å². The zero-order chi connectivity index (χ0) is 22.7. The zero-order valence-electron chi connectivity index (χ0n) is 17.9. The number of nitrogens with one attached hydrogen (secondary N) is 1. The van der Waals surface area contributed by atoms with Crippen molar-refractivity contribution in [3.8, 4) is 34.5 Å². The second kappa shape index (κ2) is 8.91. The Bertz CT molecular complexity index is 1300. The second-order valence-corrected chi connectivity index (χ2v) is 7.27. The van der Waals surface area contributed by atoms with E-state index in [1.807, 2.05) is 12.1 Å². The number of hydrogen-bond donors (Lipinski definition) is 1. The maximum Gasteiger partial charge on any atom is 0.253 e. The summed E-state index contributed by atoms with van der Waals surface area (Å²) in [6, 6.07) is 14.5. The molecule has 0 fully saturated rings. The van der Waals surface area contributed by atoms with Crippen LogP contribution in [0, 0.1) is 11.3 Å². The lowest BCUT2D eigenvalue weighted by Crippen LogP contribution is -2.21. The molecule has 2 heterocycles. The number of hydrogen-bond acceptors (Lipinski definition) is 7. The number of H-pyrrole nitrogens is 1. The minimum atomic E-state index is -0.0701. The van der Waals surface area contributed by atoms with Gasteiger partial charge in [-0.1, -0.05) is 17.3 Å². The van der Waals surface area contributed by atoms with Gasteiger partial charge in [0.25, 0.3) is 5.91 Å². The largest absolute Gasteiger partial charge is 0.490 e. The van der Waals surface area contributed by atoms with Crippen LogP contribution in [0.15, 0.2) is 47.0 Å². The Morgan fingerprint density at radius 2 is 1.97 bits per heavy atom. The zero-order valence-corrected chi connectivity index (χ0v) is 17.9. The number of aromatic amines is 1. The first-order valence-corrected chi connectivity index (χ1v) is 9.85. The van der Waals surface area contributed by atoms with Gasteiger partial charge < -0.3 is 18.9 Å². The van der Waals surface area contributed by atoms with E-state index < -0.39 is 0 Å². The summed E-state index contributed by atoms with van der Waals surface area (Å²) in [5, 5.41) is 21.7. The number of rotatable bonds is 7. The molecule has 2 aromatic carbocycles. The van der Waals surface area contributed by atoms with Crippen LogP contribution >= 0.6 is 0 Å². The third-order valence-electron chi connectivity index (χ3n) is 4.91. The summed E-state index contributed by atoms with van der Waals surface area (Å²) in [7, 11) is 5.00. The molecule has 0 unspecified atom stereocenters. The fraction of sp³-hybridized carbons (Fsp3) is 0.217. The first kappa shape index (κ1) is 21.1. The number of benzene rings is 2. The molecule has 9 nitrogen and oxygen atoms in total. The van der Waals surface area contributed by atoms with E-state index in [4.69, 9.17) is 14.0 Å². The van der Waals surface area contributed by atoms with Gasteiger partial charge in [-0.05, 0) is 18.2 Å². The van der Waals surface area contributed by atoms with Crippen molar-refractivity contribution in [1.29, 1.82) is 5.26 Å². The number of nitrogens with zero attached hydrogens (tertiary/aromatic N) is 4. The maximum absolute atomic E-state index is 12.1. The highest BCUT2D eigenvalue weighted by atomic mass is 16.5. The summed E-state index contributed by atoms with van der Waals surface area (Å²) in [6.45, 7) is 0.754. The molecule has 1 N–H and O–H groups in total. The number of nitriles is 1. The number of ether oxygens (including phenoxy) is 2. The highest BCUT2D eigenvalue weighted by molar-refractivity contribution is 5.95. The van der Waals surface area contributed by atoms with Crippen LogP contribution in [-0.4, -0.2) is 60.6 Å². The van der Waals surface area contributed by atoms with Gasteiger partial charge in [-0.15, -0.1) is 0 Å². The molecule has 0 saturated heterocycles. The van der Waals surface area contributed by atoms with Gasteiger partial charge in [-0.3, -0.25) is 9.89 Å². The molecule has 0 atom stereocenters. The topological polar surface area (TPSA) is 117 Å². The van der Waals surface area contributed by atoms with E-state index in [0.717, 1.165) is 10.9 Å². The van der Waals surface area contributed by atoms with Crippen LogP contribution < -0.4 is 4.74 Å². The van der Waals surface area contributed by atoms with Crippen molar-refractivity contribution in [3.63, 3.8) is 0 Å². The van der Waals surface area contributed by atoms with E-state index in [2.05, 4.69) is 21.4 Å². The molecule has 4 aromatic rings. The highest BCUT2D eigenvalue weighted by Crippen LogP contribution is 2.33.